The van der Waals surface area contributed by atoms with Crippen molar-refractivity contribution in [3.05, 3.63) is 95.6 Å². The van der Waals surface area contributed by atoms with E-state index in [9.17, 15) is 9.59 Å². The molecule has 1 atom stereocenters. The molecule has 27 heavy (non-hydrogen) atoms. The van der Waals surface area contributed by atoms with E-state index in [-0.39, 0.29) is 17.9 Å². The van der Waals surface area contributed by atoms with E-state index in [2.05, 4.69) is 20.6 Å². The van der Waals surface area contributed by atoms with Crippen molar-refractivity contribution in [1.29, 1.82) is 0 Å². The second kappa shape index (κ2) is 8.71. The summed E-state index contributed by atoms with van der Waals surface area (Å²) in [6.45, 7) is 2.26. The number of pyridine rings is 2. The smallest absolute Gasteiger partial charge is 0.253 e. The monoisotopic (exact) mass is 360 g/mol. The Balaban J connectivity index is 1.64. The van der Waals surface area contributed by atoms with E-state index >= 15 is 0 Å². The highest BCUT2D eigenvalue weighted by molar-refractivity contribution is 5.99. The lowest BCUT2D eigenvalue weighted by Gasteiger charge is -2.14. The Kier molecular flexibility index (Phi) is 5.89. The summed E-state index contributed by atoms with van der Waals surface area (Å²) in [5, 5.41) is 5.71. The fourth-order valence-corrected chi connectivity index (χ4v) is 2.58. The molecule has 0 spiro atoms. The fraction of sp³-hybridized carbons (Fsp3) is 0.143. The summed E-state index contributed by atoms with van der Waals surface area (Å²) in [6, 6.07) is 14.7. The van der Waals surface area contributed by atoms with E-state index in [0.29, 0.717) is 17.7 Å². The number of rotatable bonds is 6. The van der Waals surface area contributed by atoms with Gasteiger partial charge in [0.05, 0.1) is 17.2 Å². The van der Waals surface area contributed by atoms with Gasteiger partial charge in [0.2, 0.25) is 0 Å². The van der Waals surface area contributed by atoms with Gasteiger partial charge in [0, 0.05) is 31.3 Å². The highest BCUT2D eigenvalue weighted by Crippen LogP contribution is 2.12. The van der Waals surface area contributed by atoms with Crippen molar-refractivity contribution in [2.45, 2.75) is 19.5 Å². The first-order valence-electron chi connectivity index (χ1n) is 8.61. The van der Waals surface area contributed by atoms with Crippen LogP contribution in [0.2, 0.25) is 0 Å². The van der Waals surface area contributed by atoms with Gasteiger partial charge >= 0.3 is 0 Å². The van der Waals surface area contributed by atoms with Crippen LogP contribution in [0.4, 0.5) is 0 Å². The van der Waals surface area contributed by atoms with Gasteiger partial charge in [-0.25, -0.2) is 0 Å². The van der Waals surface area contributed by atoms with Crippen LogP contribution in [0.25, 0.3) is 0 Å². The van der Waals surface area contributed by atoms with Gasteiger partial charge in [0.25, 0.3) is 11.8 Å². The zero-order chi connectivity index (χ0) is 19.1. The molecule has 6 heteroatoms. The van der Waals surface area contributed by atoms with Crippen molar-refractivity contribution < 1.29 is 9.59 Å². The van der Waals surface area contributed by atoms with Crippen molar-refractivity contribution in [2.24, 2.45) is 0 Å². The molecule has 0 saturated heterocycles. The minimum absolute atomic E-state index is 0.151. The number of hydrogen-bond donors (Lipinski definition) is 2. The Labute approximate surface area is 157 Å². The average molecular weight is 360 g/mol. The van der Waals surface area contributed by atoms with Crippen LogP contribution in [-0.4, -0.2) is 21.8 Å². The van der Waals surface area contributed by atoms with Crippen molar-refractivity contribution >= 4 is 11.8 Å². The van der Waals surface area contributed by atoms with Crippen LogP contribution in [0.15, 0.2) is 73.3 Å². The molecule has 3 rings (SSSR count). The van der Waals surface area contributed by atoms with Crippen molar-refractivity contribution in [3.8, 4) is 0 Å². The van der Waals surface area contributed by atoms with Gasteiger partial charge in [0.15, 0.2) is 0 Å². The summed E-state index contributed by atoms with van der Waals surface area (Å²) in [4.78, 5) is 32.9. The predicted molar refractivity (Wildman–Crippen MR) is 102 cm³/mol. The van der Waals surface area contributed by atoms with Gasteiger partial charge in [-0.1, -0.05) is 36.4 Å². The maximum absolute atomic E-state index is 12.5. The number of benzene rings is 1. The third kappa shape index (κ3) is 4.98. The Morgan fingerprint density at radius 1 is 0.926 bits per heavy atom. The van der Waals surface area contributed by atoms with Crippen LogP contribution in [-0.2, 0) is 6.54 Å². The lowest BCUT2D eigenvalue weighted by Crippen LogP contribution is -2.28. The topological polar surface area (TPSA) is 84.0 Å². The van der Waals surface area contributed by atoms with E-state index in [1.807, 2.05) is 49.4 Å². The third-order valence-corrected chi connectivity index (χ3v) is 4.09. The second-order valence-corrected chi connectivity index (χ2v) is 6.11. The van der Waals surface area contributed by atoms with Gasteiger partial charge < -0.3 is 10.6 Å². The minimum Gasteiger partial charge on any atom is -0.348 e. The van der Waals surface area contributed by atoms with Crippen LogP contribution >= 0.6 is 0 Å². The number of carbonyl (C=O) groups is 2. The van der Waals surface area contributed by atoms with Gasteiger partial charge in [-0.05, 0) is 30.2 Å². The van der Waals surface area contributed by atoms with E-state index in [1.54, 1.807) is 18.5 Å². The third-order valence-electron chi connectivity index (χ3n) is 4.09. The molecule has 0 bridgehead atoms. The fourth-order valence-electron chi connectivity index (χ4n) is 2.58. The molecule has 0 radical (unpaired) electrons. The molecule has 2 aromatic heterocycles. The van der Waals surface area contributed by atoms with Crippen LogP contribution < -0.4 is 10.6 Å². The maximum atomic E-state index is 12.5. The highest BCUT2D eigenvalue weighted by Gasteiger charge is 2.14. The molecular weight excluding hydrogens is 340 g/mol. The Morgan fingerprint density at radius 2 is 1.67 bits per heavy atom. The van der Waals surface area contributed by atoms with Gasteiger partial charge in [0.1, 0.15) is 0 Å². The van der Waals surface area contributed by atoms with Crippen LogP contribution in [0, 0.1) is 0 Å². The summed E-state index contributed by atoms with van der Waals surface area (Å²) < 4.78 is 0. The average Bonchev–Trinajstić information content (AvgIpc) is 2.73. The summed E-state index contributed by atoms with van der Waals surface area (Å²) in [5.41, 5.74) is 2.57. The zero-order valence-corrected chi connectivity index (χ0v) is 14.9. The molecule has 3 aromatic rings. The minimum atomic E-state index is -0.294. The molecule has 6 nitrogen and oxygen atoms in total. The quantitative estimate of drug-likeness (QED) is 0.708. The van der Waals surface area contributed by atoms with Crippen molar-refractivity contribution in [2.75, 3.05) is 0 Å². The molecule has 2 N–H and O–H groups in total. The second-order valence-electron chi connectivity index (χ2n) is 6.11. The highest BCUT2D eigenvalue weighted by atomic mass is 16.2. The zero-order valence-electron chi connectivity index (χ0n) is 14.9. The van der Waals surface area contributed by atoms with Crippen LogP contribution in [0.5, 0.6) is 0 Å². The molecule has 1 unspecified atom stereocenters. The lowest BCUT2D eigenvalue weighted by atomic mass is 10.1. The largest absolute Gasteiger partial charge is 0.348 e. The number of amides is 2. The Hall–Kier alpha value is -3.54. The first-order valence-corrected chi connectivity index (χ1v) is 8.61. The molecule has 136 valence electrons. The van der Waals surface area contributed by atoms with Crippen LogP contribution in [0.3, 0.4) is 0 Å². The predicted octanol–water partition coefficient (Wildman–Crippen LogP) is 2.90. The first-order chi connectivity index (χ1) is 13.1. The molecule has 0 saturated carbocycles. The number of hydrogen-bond acceptors (Lipinski definition) is 4. The van der Waals surface area contributed by atoms with E-state index in [4.69, 9.17) is 0 Å². The number of carbonyl (C=O) groups excluding carboxylic acids is 2. The van der Waals surface area contributed by atoms with Crippen LogP contribution in [0.1, 0.15) is 44.8 Å². The van der Waals surface area contributed by atoms with Gasteiger partial charge in [-0.15, -0.1) is 0 Å². The SMILES string of the molecule is CC(NC(=O)c1cncc(C(=O)NCc2cccnc2)c1)c1ccccc1. The maximum Gasteiger partial charge on any atom is 0.253 e. The summed E-state index contributed by atoms with van der Waals surface area (Å²) in [5.74, 6) is -0.571. The summed E-state index contributed by atoms with van der Waals surface area (Å²) >= 11 is 0. The Morgan fingerprint density at radius 3 is 2.37 bits per heavy atom. The molecule has 2 heterocycles. The van der Waals surface area contributed by atoms with Gasteiger partial charge in [-0.3, -0.25) is 19.6 Å². The normalized spacial score (nSPS) is 11.4. The van der Waals surface area contributed by atoms with Gasteiger partial charge in [-0.2, -0.15) is 0 Å². The first kappa shape index (κ1) is 18.3. The summed E-state index contributed by atoms with van der Waals surface area (Å²) in [7, 11) is 0. The molecule has 1 aromatic carbocycles. The van der Waals surface area contributed by atoms with E-state index in [0.717, 1.165) is 11.1 Å². The Bertz CT molecular complexity index is 914. The number of aromatic nitrogens is 2. The standard InChI is InChI=1S/C21H20N4O2/c1-15(17-7-3-2-4-8-17)25-21(27)19-10-18(13-23-14-19)20(26)24-12-16-6-5-9-22-11-16/h2-11,13-15H,12H2,1H3,(H,24,26)(H,25,27). The molecule has 0 aliphatic heterocycles. The molecule has 0 aliphatic rings. The molecule has 0 aliphatic carbocycles. The molecule has 0 fully saturated rings. The van der Waals surface area contributed by atoms with E-state index < -0.39 is 0 Å². The van der Waals surface area contributed by atoms with Crippen molar-refractivity contribution in [1.82, 2.24) is 20.6 Å². The summed E-state index contributed by atoms with van der Waals surface area (Å²) in [6.07, 6.45) is 6.25. The molecule has 2 amide bonds. The lowest BCUT2D eigenvalue weighted by molar-refractivity contribution is 0.0939. The van der Waals surface area contributed by atoms with E-state index in [1.165, 1.54) is 12.4 Å². The molecular formula is C21H20N4O2. The number of nitrogens with one attached hydrogen (secondary N) is 2. The number of nitrogens with zero attached hydrogens (tertiary/aromatic N) is 2. The van der Waals surface area contributed by atoms with Crippen molar-refractivity contribution in [3.63, 3.8) is 0 Å².